The molecule has 3 aliphatic rings. The van der Waals surface area contributed by atoms with Crippen molar-refractivity contribution >= 4 is 12.2 Å². The maximum atomic E-state index is 12.7. The minimum absolute atomic E-state index is 0.0230. The van der Waals surface area contributed by atoms with E-state index in [1.54, 1.807) is 9.80 Å². The molecule has 5 atom stereocenters. The lowest BCUT2D eigenvalue weighted by molar-refractivity contribution is -0.0401. The Hall–Kier alpha value is -2.24. The van der Waals surface area contributed by atoms with E-state index < -0.39 is 0 Å². The molecule has 0 aromatic heterocycles. The van der Waals surface area contributed by atoms with Crippen LogP contribution in [0, 0.1) is 17.3 Å². The van der Waals surface area contributed by atoms with Crippen molar-refractivity contribution in [2.75, 3.05) is 26.2 Å². The third-order valence-corrected chi connectivity index (χ3v) is 9.10. The summed E-state index contributed by atoms with van der Waals surface area (Å²) in [5, 5.41) is 0. The molecule has 4 rings (SSSR count). The summed E-state index contributed by atoms with van der Waals surface area (Å²) in [5.74, 6) is 2.42. The summed E-state index contributed by atoms with van der Waals surface area (Å²) in [6.45, 7) is 13.0. The average molecular weight is 471 g/mol. The maximum absolute atomic E-state index is 12.7. The van der Waals surface area contributed by atoms with E-state index in [4.69, 9.17) is 9.47 Å². The third kappa shape index (κ3) is 4.40. The lowest BCUT2D eigenvalue weighted by atomic mass is 9.55. The Balaban J connectivity index is 1.47. The van der Waals surface area contributed by atoms with E-state index in [-0.39, 0.29) is 23.7 Å². The zero-order valence-corrected chi connectivity index (χ0v) is 21.6. The van der Waals surface area contributed by atoms with E-state index in [0.717, 1.165) is 38.5 Å². The number of amides is 2. The van der Waals surface area contributed by atoms with Crippen LogP contribution in [0.3, 0.4) is 0 Å². The van der Waals surface area contributed by atoms with Gasteiger partial charge in [-0.1, -0.05) is 13.0 Å². The Morgan fingerprint density at radius 2 is 1.62 bits per heavy atom. The van der Waals surface area contributed by atoms with Crippen molar-refractivity contribution in [3.8, 4) is 5.75 Å². The van der Waals surface area contributed by atoms with Crippen molar-refractivity contribution in [3.05, 3.63) is 29.3 Å². The first-order valence-corrected chi connectivity index (χ1v) is 13.4. The molecule has 2 fully saturated rings. The molecule has 0 heterocycles. The Kier molecular flexibility index (Phi) is 7.44. The number of hydrogen-bond acceptors (Lipinski definition) is 4. The smallest absolute Gasteiger partial charge is 0.415 e. The van der Waals surface area contributed by atoms with Crippen molar-refractivity contribution in [1.82, 2.24) is 9.80 Å². The molecule has 34 heavy (non-hydrogen) atoms. The van der Waals surface area contributed by atoms with Crippen LogP contribution in [0.4, 0.5) is 9.59 Å². The standard InChI is InChI=1S/C28H42N2O4/c1-6-29(7-2)26(31)33-20-11-13-21-19(18-20)10-12-23-22(21)16-17-28(5)24(23)14-15-25(28)34-27(32)30(8-3)9-4/h11,13,18,22-25H,6-10,12,14-17H2,1-5H3/t22-,23-,24+,25+,28+/m1/s1. The zero-order chi connectivity index (χ0) is 24.5. The Morgan fingerprint density at radius 3 is 2.29 bits per heavy atom. The molecule has 3 aliphatic carbocycles. The molecule has 0 bridgehead atoms. The van der Waals surface area contributed by atoms with Gasteiger partial charge in [0.25, 0.3) is 0 Å². The van der Waals surface area contributed by atoms with Gasteiger partial charge in [0.2, 0.25) is 0 Å². The fourth-order valence-electron chi connectivity index (χ4n) is 7.09. The van der Waals surface area contributed by atoms with Crippen LogP contribution in [-0.2, 0) is 11.2 Å². The molecular weight excluding hydrogens is 428 g/mol. The topological polar surface area (TPSA) is 59.1 Å². The number of hydrogen-bond donors (Lipinski definition) is 0. The molecule has 2 saturated carbocycles. The van der Waals surface area contributed by atoms with Crippen LogP contribution in [-0.4, -0.2) is 54.3 Å². The molecule has 6 nitrogen and oxygen atoms in total. The first kappa shape index (κ1) is 24.9. The van der Waals surface area contributed by atoms with Crippen LogP contribution < -0.4 is 4.74 Å². The van der Waals surface area contributed by atoms with Crippen molar-refractivity contribution in [3.63, 3.8) is 0 Å². The highest BCUT2D eigenvalue weighted by molar-refractivity contribution is 5.70. The quantitative estimate of drug-likeness (QED) is 0.494. The second kappa shape index (κ2) is 10.2. The molecule has 0 spiro atoms. The first-order chi connectivity index (χ1) is 16.4. The van der Waals surface area contributed by atoms with Crippen LogP contribution in [0.15, 0.2) is 18.2 Å². The molecule has 2 amide bonds. The van der Waals surface area contributed by atoms with Crippen molar-refractivity contribution in [2.45, 2.75) is 85.2 Å². The fraction of sp³-hybridized carbons (Fsp3) is 0.714. The monoisotopic (exact) mass is 470 g/mol. The summed E-state index contributed by atoms with van der Waals surface area (Å²) < 4.78 is 11.8. The lowest BCUT2D eigenvalue weighted by Crippen LogP contribution is -2.46. The van der Waals surface area contributed by atoms with Gasteiger partial charge in [-0.25, -0.2) is 9.59 Å². The van der Waals surface area contributed by atoms with Crippen molar-refractivity contribution in [1.29, 1.82) is 0 Å². The van der Waals surface area contributed by atoms with Crippen LogP contribution >= 0.6 is 0 Å². The van der Waals surface area contributed by atoms with Gasteiger partial charge in [0, 0.05) is 31.6 Å². The predicted molar refractivity (Wildman–Crippen MR) is 133 cm³/mol. The number of benzene rings is 1. The van der Waals surface area contributed by atoms with Gasteiger partial charge in [0.05, 0.1) is 0 Å². The van der Waals surface area contributed by atoms with Gasteiger partial charge in [-0.05, 0) is 107 Å². The van der Waals surface area contributed by atoms with Gasteiger partial charge in [-0.2, -0.15) is 0 Å². The van der Waals surface area contributed by atoms with Crippen molar-refractivity contribution in [2.24, 2.45) is 17.3 Å². The highest BCUT2D eigenvalue weighted by Gasteiger charge is 2.56. The molecule has 0 N–H and O–H groups in total. The highest BCUT2D eigenvalue weighted by Crippen LogP contribution is 2.61. The van der Waals surface area contributed by atoms with E-state index in [2.05, 4.69) is 19.1 Å². The number of aryl methyl sites for hydroxylation is 1. The van der Waals surface area contributed by atoms with Gasteiger partial charge in [-0.3, -0.25) is 0 Å². The van der Waals surface area contributed by atoms with E-state index in [1.807, 2.05) is 33.8 Å². The number of ether oxygens (including phenoxy) is 2. The molecule has 0 unspecified atom stereocenters. The molecule has 0 radical (unpaired) electrons. The van der Waals surface area contributed by atoms with Gasteiger partial charge in [0.15, 0.2) is 0 Å². The van der Waals surface area contributed by atoms with Crippen LogP contribution in [0.25, 0.3) is 0 Å². The number of carbonyl (C=O) groups excluding carboxylic acids is 2. The van der Waals surface area contributed by atoms with Gasteiger partial charge in [-0.15, -0.1) is 0 Å². The predicted octanol–water partition coefficient (Wildman–Crippen LogP) is 6.23. The molecule has 0 saturated heterocycles. The van der Waals surface area contributed by atoms with Gasteiger partial charge >= 0.3 is 12.2 Å². The minimum atomic E-state index is -0.275. The van der Waals surface area contributed by atoms with Crippen molar-refractivity contribution < 1.29 is 19.1 Å². The van der Waals surface area contributed by atoms with Gasteiger partial charge < -0.3 is 19.3 Å². The second-order valence-electron chi connectivity index (χ2n) is 10.5. The number of fused-ring (bicyclic) bond motifs is 5. The lowest BCUT2D eigenvalue weighted by Gasteiger charge is -2.50. The third-order valence-electron chi connectivity index (χ3n) is 9.10. The number of carbonyl (C=O) groups is 2. The Bertz CT molecular complexity index is 894. The molecule has 1 aromatic rings. The van der Waals surface area contributed by atoms with E-state index in [9.17, 15) is 9.59 Å². The van der Waals surface area contributed by atoms with Gasteiger partial charge in [0.1, 0.15) is 11.9 Å². The van der Waals surface area contributed by atoms with E-state index in [1.165, 1.54) is 11.1 Å². The number of rotatable bonds is 6. The fourth-order valence-corrected chi connectivity index (χ4v) is 7.09. The normalized spacial score (nSPS) is 29.4. The summed E-state index contributed by atoms with van der Waals surface area (Å²) >= 11 is 0. The summed E-state index contributed by atoms with van der Waals surface area (Å²) in [7, 11) is 0. The highest BCUT2D eigenvalue weighted by atomic mass is 16.6. The molecule has 1 aromatic carbocycles. The van der Waals surface area contributed by atoms with Crippen LogP contribution in [0.1, 0.15) is 83.8 Å². The summed E-state index contributed by atoms with van der Waals surface area (Å²) in [6, 6.07) is 6.26. The molecule has 0 aliphatic heterocycles. The summed E-state index contributed by atoms with van der Waals surface area (Å²) in [5.41, 5.74) is 2.84. The minimum Gasteiger partial charge on any atom is -0.446 e. The average Bonchev–Trinajstić information content (AvgIpc) is 3.16. The van der Waals surface area contributed by atoms with E-state index >= 15 is 0 Å². The molecule has 188 valence electrons. The van der Waals surface area contributed by atoms with Crippen LogP contribution in [0.5, 0.6) is 5.75 Å². The SMILES string of the molecule is CCN(CC)C(=O)Oc1ccc2c(c1)CC[C@@H]1[C@@H]2CC[C@]2(C)[C@@H](OC(=O)N(CC)CC)CC[C@@H]12. The largest absolute Gasteiger partial charge is 0.446 e. The molecule has 6 heteroatoms. The summed E-state index contributed by atoms with van der Waals surface area (Å²) in [4.78, 5) is 28.5. The summed E-state index contributed by atoms with van der Waals surface area (Å²) in [6.07, 6.45) is 6.10. The second-order valence-corrected chi connectivity index (χ2v) is 10.5. The first-order valence-electron chi connectivity index (χ1n) is 13.4. The maximum Gasteiger partial charge on any atom is 0.415 e. The molecular formula is C28H42N2O4. The Morgan fingerprint density at radius 1 is 0.941 bits per heavy atom. The number of nitrogens with zero attached hydrogens (tertiary/aromatic N) is 2. The zero-order valence-electron chi connectivity index (χ0n) is 21.6. The van der Waals surface area contributed by atoms with Crippen LogP contribution in [0.2, 0.25) is 0 Å². The van der Waals surface area contributed by atoms with E-state index in [0.29, 0.717) is 49.7 Å². The Labute approximate surface area is 205 Å².